The highest BCUT2D eigenvalue weighted by Gasteiger charge is 2.35. The van der Waals surface area contributed by atoms with Gasteiger partial charge in [-0.05, 0) is 12.1 Å². The smallest absolute Gasteiger partial charge is 0.229 e. The van der Waals surface area contributed by atoms with Crippen LogP contribution < -0.4 is 16.4 Å². The molecule has 2 heterocycles. The lowest BCUT2D eigenvalue weighted by atomic mass is 10.1. The number of hydrogen-bond donors (Lipinski definition) is 2. The molecular weight excluding hydrogens is 258 g/mol. The predicted octanol–water partition coefficient (Wildman–Crippen LogP) is 0.0502. The maximum Gasteiger partial charge on any atom is 0.229 e. The zero-order chi connectivity index (χ0) is 14.3. The molecule has 0 saturated carbocycles. The fourth-order valence-corrected chi connectivity index (χ4v) is 2.39. The standard InChI is InChI=1S/C13H13N5O2/c14-11(20)7-5-10(19)18(6-7)12-8-3-1-2-4-9(8)16-13(15)17-12/h1-4,7H,5-6H2,(H2,14,20)(H2,15,16,17). The van der Waals surface area contributed by atoms with Crippen LogP contribution in [0, 0.1) is 5.92 Å². The van der Waals surface area contributed by atoms with Crippen molar-refractivity contribution in [1.82, 2.24) is 9.97 Å². The van der Waals surface area contributed by atoms with E-state index in [1.807, 2.05) is 18.2 Å². The molecule has 1 unspecified atom stereocenters. The van der Waals surface area contributed by atoms with Crippen LogP contribution in [0.15, 0.2) is 24.3 Å². The monoisotopic (exact) mass is 271 g/mol. The van der Waals surface area contributed by atoms with Crippen molar-refractivity contribution in [2.24, 2.45) is 11.7 Å². The number of carbonyl (C=O) groups is 2. The third-order valence-electron chi connectivity index (χ3n) is 3.38. The lowest BCUT2D eigenvalue weighted by Gasteiger charge is -2.17. The molecule has 0 radical (unpaired) electrons. The summed E-state index contributed by atoms with van der Waals surface area (Å²) in [6.45, 7) is 0.231. The number of nitrogens with zero attached hydrogens (tertiary/aromatic N) is 3. The van der Waals surface area contributed by atoms with Crippen molar-refractivity contribution in [1.29, 1.82) is 0 Å². The molecule has 1 aliphatic rings. The number of para-hydroxylation sites is 1. The number of carbonyl (C=O) groups excluding carboxylic acids is 2. The first-order valence-corrected chi connectivity index (χ1v) is 6.18. The Bertz CT molecular complexity index is 715. The number of fused-ring (bicyclic) bond motifs is 1. The van der Waals surface area contributed by atoms with Gasteiger partial charge in [0.1, 0.15) is 5.82 Å². The third kappa shape index (κ3) is 1.93. The van der Waals surface area contributed by atoms with E-state index in [0.717, 1.165) is 5.39 Å². The molecule has 1 aromatic heterocycles. The largest absolute Gasteiger partial charge is 0.369 e. The zero-order valence-corrected chi connectivity index (χ0v) is 10.6. The van der Waals surface area contributed by atoms with Gasteiger partial charge in [0.15, 0.2) is 0 Å². The van der Waals surface area contributed by atoms with Crippen LogP contribution in [0.4, 0.5) is 11.8 Å². The Labute approximate surface area is 114 Å². The number of rotatable bonds is 2. The summed E-state index contributed by atoms with van der Waals surface area (Å²) in [5.41, 5.74) is 11.6. The first-order chi connectivity index (χ1) is 9.56. The van der Waals surface area contributed by atoms with Gasteiger partial charge < -0.3 is 11.5 Å². The van der Waals surface area contributed by atoms with Crippen LogP contribution in [0.1, 0.15) is 6.42 Å². The van der Waals surface area contributed by atoms with Gasteiger partial charge in [-0.15, -0.1) is 0 Å². The highest BCUT2D eigenvalue weighted by Crippen LogP contribution is 2.29. The Balaban J connectivity index is 2.10. The van der Waals surface area contributed by atoms with Crippen molar-refractivity contribution in [3.63, 3.8) is 0 Å². The fraction of sp³-hybridized carbons (Fsp3) is 0.231. The van der Waals surface area contributed by atoms with E-state index in [1.54, 1.807) is 6.07 Å². The SMILES string of the molecule is NC(=O)C1CC(=O)N(c2nc(N)nc3ccccc23)C1. The van der Waals surface area contributed by atoms with Crippen LogP contribution in [0.2, 0.25) is 0 Å². The molecule has 20 heavy (non-hydrogen) atoms. The Morgan fingerprint density at radius 2 is 2.05 bits per heavy atom. The number of benzene rings is 1. The summed E-state index contributed by atoms with van der Waals surface area (Å²) in [6.07, 6.45) is 0.105. The van der Waals surface area contributed by atoms with Gasteiger partial charge >= 0.3 is 0 Å². The van der Waals surface area contributed by atoms with Crippen LogP contribution >= 0.6 is 0 Å². The minimum absolute atomic E-state index is 0.0917. The molecule has 1 aliphatic heterocycles. The number of hydrogen-bond acceptors (Lipinski definition) is 5. The summed E-state index contributed by atoms with van der Waals surface area (Å²) >= 11 is 0. The van der Waals surface area contributed by atoms with Crippen molar-refractivity contribution in [2.75, 3.05) is 17.2 Å². The third-order valence-corrected chi connectivity index (χ3v) is 3.38. The van der Waals surface area contributed by atoms with E-state index in [-0.39, 0.29) is 24.8 Å². The summed E-state index contributed by atoms with van der Waals surface area (Å²) in [7, 11) is 0. The van der Waals surface area contributed by atoms with E-state index in [2.05, 4.69) is 9.97 Å². The zero-order valence-electron chi connectivity index (χ0n) is 10.6. The van der Waals surface area contributed by atoms with Crippen molar-refractivity contribution < 1.29 is 9.59 Å². The van der Waals surface area contributed by atoms with Crippen molar-refractivity contribution in [3.05, 3.63) is 24.3 Å². The summed E-state index contributed by atoms with van der Waals surface area (Å²) in [5, 5.41) is 0.722. The van der Waals surface area contributed by atoms with Gasteiger partial charge in [0.05, 0.1) is 11.4 Å². The highest BCUT2D eigenvalue weighted by molar-refractivity contribution is 6.05. The highest BCUT2D eigenvalue weighted by atomic mass is 16.2. The molecule has 7 nitrogen and oxygen atoms in total. The minimum Gasteiger partial charge on any atom is -0.369 e. The molecule has 3 rings (SSSR count). The minimum atomic E-state index is -0.488. The molecule has 1 fully saturated rings. The number of primary amides is 1. The molecule has 1 saturated heterocycles. The molecule has 2 aromatic rings. The Morgan fingerprint density at radius 1 is 1.30 bits per heavy atom. The Kier molecular flexibility index (Phi) is 2.74. The molecule has 0 aliphatic carbocycles. The topological polar surface area (TPSA) is 115 Å². The summed E-state index contributed by atoms with van der Waals surface area (Å²) in [4.78, 5) is 33.0. The van der Waals surface area contributed by atoms with Crippen LogP contribution in [0.25, 0.3) is 10.9 Å². The van der Waals surface area contributed by atoms with Crippen LogP contribution in [-0.2, 0) is 9.59 Å². The number of nitrogen functional groups attached to an aromatic ring is 1. The van der Waals surface area contributed by atoms with E-state index in [0.29, 0.717) is 11.3 Å². The summed E-state index contributed by atoms with van der Waals surface area (Å²) < 4.78 is 0. The number of nitrogens with two attached hydrogens (primary N) is 2. The van der Waals surface area contributed by atoms with E-state index < -0.39 is 11.8 Å². The normalized spacial score (nSPS) is 18.7. The summed E-state index contributed by atoms with van der Waals surface area (Å²) in [5.74, 6) is -0.627. The average molecular weight is 271 g/mol. The second kappa shape index (κ2) is 4.44. The van der Waals surface area contributed by atoms with Gasteiger partial charge in [-0.3, -0.25) is 14.5 Å². The molecular formula is C13H13N5O2. The van der Waals surface area contributed by atoms with Gasteiger partial charge in [-0.2, -0.15) is 4.98 Å². The van der Waals surface area contributed by atoms with Crippen molar-refractivity contribution in [2.45, 2.75) is 6.42 Å². The lowest BCUT2D eigenvalue weighted by Crippen LogP contribution is -2.29. The molecule has 1 aromatic carbocycles. The van der Waals surface area contributed by atoms with Crippen molar-refractivity contribution in [3.8, 4) is 0 Å². The van der Waals surface area contributed by atoms with Gasteiger partial charge in [0.2, 0.25) is 17.8 Å². The second-order valence-electron chi connectivity index (χ2n) is 4.73. The van der Waals surface area contributed by atoms with Crippen LogP contribution in [-0.4, -0.2) is 28.3 Å². The van der Waals surface area contributed by atoms with Crippen LogP contribution in [0.3, 0.4) is 0 Å². The summed E-state index contributed by atoms with van der Waals surface area (Å²) in [6, 6.07) is 7.27. The number of aromatic nitrogens is 2. The molecule has 7 heteroatoms. The van der Waals surface area contributed by atoms with E-state index >= 15 is 0 Å². The van der Waals surface area contributed by atoms with Gasteiger partial charge in [0, 0.05) is 18.4 Å². The molecule has 0 spiro atoms. The quantitative estimate of drug-likeness (QED) is 0.800. The molecule has 2 amide bonds. The molecule has 1 atom stereocenters. The second-order valence-corrected chi connectivity index (χ2v) is 4.73. The van der Waals surface area contributed by atoms with Gasteiger partial charge in [0.25, 0.3) is 0 Å². The van der Waals surface area contributed by atoms with Gasteiger partial charge in [-0.1, -0.05) is 12.1 Å². The van der Waals surface area contributed by atoms with E-state index in [1.165, 1.54) is 4.90 Å². The molecule has 4 N–H and O–H groups in total. The average Bonchev–Trinajstić information content (AvgIpc) is 2.80. The van der Waals surface area contributed by atoms with Gasteiger partial charge in [-0.25, -0.2) is 4.98 Å². The first kappa shape index (κ1) is 12.3. The fourth-order valence-electron chi connectivity index (χ4n) is 2.39. The maximum absolute atomic E-state index is 12.1. The Morgan fingerprint density at radius 3 is 2.75 bits per heavy atom. The predicted molar refractivity (Wildman–Crippen MR) is 73.6 cm³/mol. The van der Waals surface area contributed by atoms with E-state index in [4.69, 9.17) is 11.5 Å². The maximum atomic E-state index is 12.1. The molecule has 102 valence electrons. The van der Waals surface area contributed by atoms with Crippen molar-refractivity contribution >= 4 is 34.5 Å². The lowest BCUT2D eigenvalue weighted by molar-refractivity contribution is -0.123. The number of anilines is 2. The number of amides is 2. The Hall–Kier alpha value is -2.70. The first-order valence-electron chi connectivity index (χ1n) is 6.18. The van der Waals surface area contributed by atoms with Crippen LogP contribution in [0.5, 0.6) is 0 Å². The molecule has 0 bridgehead atoms. The van der Waals surface area contributed by atoms with E-state index in [9.17, 15) is 9.59 Å².